The summed E-state index contributed by atoms with van der Waals surface area (Å²) in [4.78, 5) is 3.73. The molecule has 3 nitrogen and oxygen atoms in total. The van der Waals surface area contributed by atoms with Crippen molar-refractivity contribution in [3.05, 3.63) is 47.9 Å². The Balaban J connectivity index is 2.53. The Morgan fingerprint density at radius 1 is 1.25 bits per heavy atom. The molecule has 0 unspecified atom stereocenters. The summed E-state index contributed by atoms with van der Waals surface area (Å²) in [5.74, 6) is -0.554. The van der Waals surface area contributed by atoms with Gasteiger partial charge in [0.15, 0.2) is 0 Å². The zero-order chi connectivity index (χ0) is 11.5. The Bertz CT molecular complexity index is 573. The molecule has 0 amide bonds. The lowest BCUT2D eigenvalue weighted by atomic mass is 10.1. The van der Waals surface area contributed by atoms with E-state index >= 15 is 0 Å². The molecule has 1 heterocycles. The number of rotatable bonds is 1. The van der Waals surface area contributed by atoms with Gasteiger partial charge in [-0.3, -0.25) is 0 Å². The number of nitriles is 1. The van der Waals surface area contributed by atoms with E-state index in [-0.39, 0.29) is 0 Å². The minimum Gasteiger partial charge on any atom is -0.398 e. The quantitative estimate of drug-likeness (QED) is 0.584. The second-order valence-corrected chi connectivity index (χ2v) is 3.26. The molecule has 0 saturated heterocycles. The summed E-state index contributed by atoms with van der Waals surface area (Å²) in [5.41, 5.74) is 7.73. The maximum absolute atomic E-state index is 12.9. The van der Waals surface area contributed by atoms with E-state index in [2.05, 4.69) is 4.98 Å². The SMILES string of the molecule is N#Cc1ccc(-c2cccc(F)n2)c(N)c1. The molecule has 2 N–H and O–H groups in total. The lowest BCUT2D eigenvalue weighted by molar-refractivity contribution is 0.585. The van der Waals surface area contributed by atoms with E-state index in [1.165, 1.54) is 6.07 Å². The molecule has 0 radical (unpaired) electrons. The van der Waals surface area contributed by atoms with Gasteiger partial charge in [-0.2, -0.15) is 9.65 Å². The third kappa shape index (κ3) is 1.84. The van der Waals surface area contributed by atoms with Crippen molar-refractivity contribution in [3.63, 3.8) is 0 Å². The van der Waals surface area contributed by atoms with Crippen LogP contribution in [0, 0.1) is 17.3 Å². The van der Waals surface area contributed by atoms with Gasteiger partial charge in [-0.1, -0.05) is 6.07 Å². The van der Waals surface area contributed by atoms with Crippen LogP contribution in [-0.2, 0) is 0 Å². The van der Waals surface area contributed by atoms with Gasteiger partial charge in [-0.15, -0.1) is 0 Å². The smallest absolute Gasteiger partial charge is 0.213 e. The van der Waals surface area contributed by atoms with E-state index in [9.17, 15) is 4.39 Å². The molecule has 16 heavy (non-hydrogen) atoms. The molecule has 1 aromatic heterocycles. The summed E-state index contributed by atoms with van der Waals surface area (Å²) in [6.45, 7) is 0. The number of pyridine rings is 1. The highest BCUT2D eigenvalue weighted by atomic mass is 19.1. The number of anilines is 1. The summed E-state index contributed by atoms with van der Waals surface area (Å²) < 4.78 is 12.9. The van der Waals surface area contributed by atoms with Crippen LogP contribution >= 0.6 is 0 Å². The first-order chi connectivity index (χ1) is 7.70. The Kier molecular flexibility index (Phi) is 2.52. The Morgan fingerprint density at radius 3 is 2.69 bits per heavy atom. The van der Waals surface area contributed by atoms with Gasteiger partial charge < -0.3 is 5.73 Å². The monoisotopic (exact) mass is 213 g/mol. The van der Waals surface area contributed by atoms with Crippen molar-refractivity contribution in [2.45, 2.75) is 0 Å². The minimum absolute atomic E-state index is 0.414. The van der Waals surface area contributed by atoms with Crippen LogP contribution in [0.25, 0.3) is 11.3 Å². The van der Waals surface area contributed by atoms with Gasteiger partial charge in [-0.25, -0.2) is 4.98 Å². The van der Waals surface area contributed by atoms with Crippen LogP contribution in [-0.4, -0.2) is 4.98 Å². The second-order valence-electron chi connectivity index (χ2n) is 3.26. The van der Waals surface area contributed by atoms with Crippen LogP contribution in [0.1, 0.15) is 5.56 Å². The second kappa shape index (κ2) is 3.99. The number of hydrogen-bond acceptors (Lipinski definition) is 3. The first-order valence-corrected chi connectivity index (χ1v) is 4.63. The molecular formula is C12H8FN3. The van der Waals surface area contributed by atoms with Gasteiger partial charge in [-0.05, 0) is 30.3 Å². The molecule has 0 aliphatic carbocycles. The summed E-state index contributed by atoms with van der Waals surface area (Å²) in [6.07, 6.45) is 0. The predicted molar refractivity (Wildman–Crippen MR) is 58.8 cm³/mol. The van der Waals surface area contributed by atoms with Crippen LogP contribution in [0.5, 0.6) is 0 Å². The number of nitrogen functional groups attached to an aromatic ring is 1. The molecule has 78 valence electrons. The summed E-state index contributed by atoms with van der Waals surface area (Å²) >= 11 is 0. The Hall–Kier alpha value is -2.41. The molecule has 0 aliphatic heterocycles. The van der Waals surface area contributed by atoms with E-state index in [1.54, 1.807) is 30.3 Å². The van der Waals surface area contributed by atoms with Crippen LogP contribution in [0.4, 0.5) is 10.1 Å². The fourth-order valence-corrected chi connectivity index (χ4v) is 1.42. The third-order valence-corrected chi connectivity index (χ3v) is 2.17. The number of nitrogens with two attached hydrogens (primary N) is 1. The number of nitrogens with zero attached hydrogens (tertiary/aromatic N) is 2. The van der Waals surface area contributed by atoms with Gasteiger partial charge >= 0.3 is 0 Å². The van der Waals surface area contributed by atoms with Crippen molar-refractivity contribution >= 4 is 5.69 Å². The molecule has 2 rings (SSSR count). The highest BCUT2D eigenvalue weighted by Crippen LogP contribution is 2.24. The number of halogens is 1. The van der Waals surface area contributed by atoms with Crippen molar-refractivity contribution in [1.82, 2.24) is 4.98 Å². The first-order valence-electron chi connectivity index (χ1n) is 4.63. The van der Waals surface area contributed by atoms with Gasteiger partial charge in [0.05, 0.1) is 17.3 Å². The average Bonchev–Trinajstić information content (AvgIpc) is 2.28. The summed E-state index contributed by atoms with van der Waals surface area (Å²) in [6, 6.07) is 11.3. The maximum atomic E-state index is 12.9. The molecule has 1 aromatic carbocycles. The zero-order valence-corrected chi connectivity index (χ0v) is 8.31. The summed E-state index contributed by atoms with van der Waals surface area (Å²) in [7, 11) is 0. The van der Waals surface area contributed by atoms with Gasteiger partial charge in [0.1, 0.15) is 0 Å². The lowest BCUT2D eigenvalue weighted by Crippen LogP contribution is -1.94. The molecule has 0 saturated carbocycles. The lowest BCUT2D eigenvalue weighted by Gasteiger charge is -2.04. The molecular weight excluding hydrogens is 205 g/mol. The molecule has 0 spiro atoms. The van der Waals surface area contributed by atoms with Crippen LogP contribution in [0.15, 0.2) is 36.4 Å². The van der Waals surface area contributed by atoms with E-state index in [4.69, 9.17) is 11.0 Å². The van der Waals surface area contributed by atoms with Gasteiger partial charge in [0.25, 0.3) is 0 Å². The van der Waals surface area contributed by atoms with E-state index in [1.807, 2.05) is 6.07 Å². The highest BCUT2D eigenvalue weighted by molar-refractivity contribution is 5.74. The fraction of sp³-hybridized carbons (Fsp3) is 0. The standard InChI is InChI=1S/C12H8FN3/c13-12-3-1-2-11(16-12)9-5-4-8(7-14)6-10(9)15/h1-6H,15H2. The van der Waals surface area contributed by atoms with Crippen LogP contribution in [0.2, 0.25) is 0 Å². The normalized spacial score (nSPS) is 9.75. The summed E-state index contributed by atoms with van der Waals surface area (Å²) in [5, 5.41) is 8.69. The molecule has 0 bridgehead atoms. The molecule has 2 aromatic rings. The van der Waals surface area contributed by atoms with Crippen molar-refractivity contribution in [2.75, 3.05) is 5.73 Å². The van der Waals surface area contributed by atoms with Crippen LogP contribution in [0.3, 0.4) is 0 Å². The average molecular weight is 213 g/mol. The third-order valence-electron chi connectivity index (χ3n) is 2.17. The molecule has 4 heteroatoms. The van der Waals surface area contributed by atoms with Crippen molar-refractivity contribution in [1.29, 1.82) is 5.26 Å². The minimum atomic E-state index is -0.554. The van der Waals surface area contributed by atoms with Crippen molar-refractivity contribution in [2.24, 2.45) is 0 Å². The van der Waals surface area contributed by atoms with E-state index in [0.29, 0.717) is 22.5 Å². The Morgan fingerprint density at radius 2 is 2.06 bits per heavy atom. The van der Waals surface area contributed by atoms with Crippen molar-refractivity contribution < 1.29 is 4.39 Å². The van der Waals surface area contributed by atoms with Crippen LogP contribution < -0.4 is 5.73 Å². The highest BCUT2D eigenvalue weighted by Gasteiger charge is 2.05. The number of hydrogen-bond donors (Lipinski definition) is 1. The largest absolute Gasteiger partial charge is 0.398 e. The molecule has 0 atom stereocenters. The number of aromatic nitrogens is 1. The van der Waals surface area contributed by atoms with Gasteiger partial charge in [0, 0.05) is 11.3 Å². The van der Waals surface area contributed by atoms with E-state index in [0.717, 1.165) is 0 Å². The zero-order valence-electron chi connectivity index (χ0n) is 8.31. The number of benzene rings is 1. The van der Waals surface area contributed by atoms with Crippen molar-refractivity contribution in [3.8, 4) is 17.3 Å². The fourth-order valence-electron chi connectivity index (χ4n) is 1.42. The maximum Gasteiger partial charge on any atom is 0.213 e. The first kappa shape index (κ1) is 10.1. The molecule has 0 fully saturated rings. The Labute approximate surface area is 92.0 Å². The predicted octanol–water partition coefficient (Wildman–Crippen LogP) is 2.34. The topological polar surface area (TPSA) is 62.7 Å². The van der Waals surface area contributed by atoms with Gasteiger partial charge in [0.2, 0.25) is 5.95 Å². The van der Waals surface area contributed by atoms with E-state index < -0.39 is 5.95 Å². The molecule has 0 aliphatic rings.